The maximum Gasteiger partial charge on any atom is 0.244 e. The lowest BCUT2D eigenvalue weighted by Gasteiger charge is -2.30. The van der Waals surface area contributed by atoms with Crippen molar-refractivity contribution in [1.29, 1.82) is 0 Å². The predicted octanol–water partition coefficient (Wildman–Crippen LogP) is 2.51. The number of hydrogen-bond donors (Lipinski definition) is 3. The number of aliphatic hydroxyl groups is 1. The van der Waals surface area contributed by atoms with Crippen molar-refractivity contribution in [3.05, 3.63) is 65.3 Å². The first-order valence-electron chi connectivity index (χ1n) is 11.9. The topological polar surface area (TPSA) is 126 Å². The molecule has 2 aromatic carbocycles. The molecule has 1 aromatic heterocycles. The fraction of sp³-hybridized carbons (Fsp3) is 0.360. The molecule has 0 aliphatic carbocycles. The molecule has 0 bridgehead atoms. The van der Waals surface area contributed by atoms with Crippen LogP contribution in [0.3, 0.4) is 0 Å². The highest BCUT2D eigenvalue weighted by atomic mass is 35.5. The van der Waals surface area contributed by atoms with E-state index in [0.717, 1.165) is 37.0 Å². The SMILES string of the molecule is CS(=O)(=O)Nc1cc([C@@H](O)CNCCOc2ccc(-c3ccn(CC(=O)N4CCC4)n3)cc2)ccc1Cl. The fourth-order valence-corrected chi connectivity index (χ4v) is 4.54. The Labute approximate surface area is 221 Å². The van der Waals surface area contributed by atoms with Gasteiger partial charge in [0.25, 0.3) is 0 Å². The van der Waals surface area contributed by atoms with Gasteiger partial charge in [-0.1, -0.05) is 17.7 Å². The van der Waals surface area contributed by atoms with Crippen LogP contribution < -0.4 is 14.8 Å². The van der Waals surface area contributed by atoms with Gasteiger partial charge >= 0.3 is 0 Å². The number of halogens is 1. The van der Waals surface area contributed by atoms with Gasteiger partial charge in [-0.3, -0.25) is 14.2 Å². The minimum absolute atomic E-state index is 0.0904. The molecule has 198 valence electrons. The van der Waals surface area contributed by atoms with Gasteiger partial charge in [-0.05, 0) is 54.4 Å². The van der Waals surface area contributed by atoms with Crippen molar-refractivity contribution in [2.24, 2.45) is 0 Å². The third kappa shape index (κ3) is 7.68. The highest BCUT2D eigenvalue weighted by Gasteiger charge is 2.20. The van der Waals surface area contributed by atoms with Gasteiger partial charge in [-0.15, -0.1) is 0 Å². The molecule has 0 radical (unpaired) electrons. The number of amides is 1. The number of carbonyl (C=O) groups is 1. The third-order valence-corrected chi connectivity index (χ3v) is 6.77. The lowest BCUT2D eigenvalue weighted by molar-refractivity contribution is -0.135. The van der Waals surface area contributed by atoms with E-state index in [9.17, 15) is 18.3 Å². The van der Waals surface area contributed by atoms with Crippen LogP contribution in [0.25, 0.3) is 11.3 Å². The number of likely N-dealkylation sites (tertiary alicyclic amines) is 1. The Kier molecular flexibility index (Phi) is 8.70. The van der Waals surface area contributed by atoms with E-state index in [1.807, 2.05) is 41.4 Å². The van der Waals surface area contributed by atoms with E-state index in [2.05, 4.69) is 15.1 Å². The molecule has 1 fully saturated rings. The number of aliphatic hydroxyl groups excluding tert-OH is 1. The number of rotatable bonds is 12. The first-order valence-corrected chi connectivity index (χ1v) is 14.2. The van der Waals surface area contributed by atoms with Crippen molar-refractivity contribution in [3.8, 4) is 17.0 Å². The summed E-state index contributed by atoms with van der Waals surface area (Å²) in [5.41, 5.74) is 2.47. The van der Waals surface area contributed by atoms with Gasteiger partial charge in [0.05, 0.1) is 28.8 Å². The number of hydrogen-bond acceptors (Lipinski definition) is 7. The Morgan fingerprint density at radius 1 is 1.19 bits per heavy atom. The van der Waals surface area contributed by atoms with E-state index in [4.69, 9.17) is 16.3 Å². The molecule has 1 atom stereocenters. The van der Waals surface area contributed by atoms with E-state index < -0.39 is 16.1 Å². The summed E-state index contributed by atoms with van der Waals surface area (Å²) >= 11 is 6.03. The molecule has 1 saturated heterocycles. The fourth-order valence-electron chi connectivity index (χ4n) is 3.76. The summed E-state index contributed by atoms with van der Waals surface area (Å²) in [6.07, 6.45) is 3.07. The molecule has 1 aliphatic heterocycles. The number of ether oxygens (including phenoxy) is 1. The van der Waals surface area contributed by atoms with Crippen molar-refractivity contribution in [2.45, 2.75) is 19.1 Å². The molecule has 1 amide bonds. The van der Waals surface area contributed by atoms with E-state index >= 15 is 0 Å². The van der Waals surface area contributed by atoms with Gasteiger partial charge < -0.3 is 20.1 Å². The van der Waals surface area contributed by atoms with Crippen LogP contribution in [0.15, 0.2) is 54.7 Å². The van der Waals surface area contributed by atoms with Crippen molar-refractivity contribution in [1.82, 2.24) is 20.0 Å². The molecule has 3 aromatic rings. The number of carbonyl (C=O) groups excluding carboxylic acids is 1. The minimum Gasteiger partial charge on any atom is -0.492 e. The average molecular weight is 548 g/mol. The summed E-state index contributed by atoms with van der Waals surface area (Å²) < 4.78 is 32.7. The highest BCUT2D eigenvalue weighted by Crippen LogP contribution is 2.26. The first-order chi connectivity index (χ1) is 17.7. The van der Waals surface area contributed by atoms with Crippen molar-refractivity contribution < 1.29 is 23.1 Å². The number of anilines is 1. The van der Waals surface area contributed by atoms with Crippen LogP contribution in [-0.2, 0) is 21.4 Å². The number of benzene rings is 2. The second kappa shape index (κ2) is 12.0. The molecular formula is C25H30ClN5O5S. The predicted molar refractivity (Wildman–Crippen MR) is 142 cm³/mol. The monoisotopic (exact) mass is 547 g/mol. The average Bonchev–Trinajstić information content (AvgIpc) is 3.27. The Bertz CT molecular complexity index is 1330. The van der Waals surface area contributed by atoms with E-state index in [0.29, 0.717) is 24.5 Å². The zero-order chi connectivity index (χ0) is 26.4. The van der Waals surface area contributed by atoms with E-state index in [1.165, 1.54) is 12.1 Å². The molecule has 3 N–H and O–H groups in total. The standard InChI is InChI=1S/C25H30ClN5O5S/c1-37(34,35)29-23-15-19(5-8-21(23)26)24(32)16-27-10-14-36-20-6-3-18(4-7-20)22-9-13-31(28-22)17-25(33)30-11-2-12-30/h3-9,13,15,24,27,29,32H,2,10-12,14,16-17H2,1H3/t24-/m0/s1. The highest BCUT2D eigenvalue weighted by molar-refractivity contribution is 7.92. The Hall–Kier alpha value is -3.12. The minimum atomic E-state index is -3.48. The first kappa shape index (κ1) is 26.9. The number of sulfonamides is 1. The van der Waals surface area contributed by atoms with Gasteiger partial charge in [0, 0.05) is 37.9 Å². The van der Waals surface area contributed by atoms with Crippen LogP contribution >= 0.6 is 11.6 Å². The van der Waals surface area contributed by atoms with Gasteiger partial charge in [-0.2, -0.15) is 5.10 Å². The number of nitrogens with one attached hydrogen (secondary N) is 2. The van der Waals surface area contributed by atoms with Crippen LogP contribution in [-0.4, -0.2) is 73.2 Å². The van der Waals surface area contributed by atoms with Crippen LogP contribution in [0.5, 0.6) is 5.75 Å². The lowest BCUT2D eigenvalue weighted by atomic mass is 10.1. The largest absolute Gasteiger partial charge is 0.492 e. The molecule has 2 heterocycles. The normalized spacial score (nSPS) is 14.2. The number of aromatic nitrogens is 2. The van der Waals surface area contributed by atoms with Crippen LogP contribution in [0.4, 0.5) is 5.69 Å². The Morgan fingerprint density at radius 3 is 2.62 bits per heavy atom. The summed E-state index contributed by atoms with van der Waals surface area (Å²) in [6.45, 7) is 3.05. The van der Waals surface area contributed by atoms with Gasteiger partial charge in [0.1, 0.15) is 18.9 Å². The van der Waals surface area contributed by atoms with Gasteiger partial charge in [-0.25, -0.2) is 8.42 Å². The molecule has 0 spiro atoms. The summed E-state index contributed by atoms with van der Waals surface area (Å²) in [5, 5.41) is 18.3. The zero-order valence-corrected chi connectivity index (χ0v) is 22.0. The molecule has 37 heavy (non-hydrogen) atoms. The second-order valence-electron chi connectivity index (χ2n) is 8.84. The molecule has 12 heteroatoms. The Balaban J connectivity index is 1.20. The molecule has 10 nitrogen and oxygen atoms in total. The second-order valence-corrected chi connectivity index (χ2v) is 11.0. The van der Waals surface area contributed by atoms with Crippen LogP contribution in [0.2, 0.25) is 5.02 Å². The van der Waals surface area contributed by atoms with Gasteiger partial charge in [0.15, 0.2) is 0 Å². The lowest BCUT2D eigenvalue weighted by Crippen LogP contribution is -2.43. The van der Waals surface area contributed by atoms with Crippen molar-refractivity contribution >= 4 is 33.2 Å². The smallest absolute Gasteiger partial charge is 0.244 e. The summed E-state index contributed by atoms with van der Waals surface area (Å²) in [5.74, 6) is 0.792. The van der Waals surface area contributed by atoms with Crippen LogP contribution in [0, 0.1) is 0 Å². The molecule has 0 unspecified atom stereocenters. The molecular weight excluding hydrogens is 518 g/mol. The zero-order valence-electron chi connectivity index (χ0n) is 20.4. The molecule has 0 saturated carbocycles. The van der Waals surface area contributed by atoms with E-state index in [1.54, 1.807) is 10.7 Å². The van der Waals surface area contributed by atoms with Gasteiger partial charge in [0.2, 0.25) is 15.9 Å². The summed E-state index contributed by atoms with van der Waals surface area (Å²) in [7, 11) is -3.48. The van der Waals surface area contributed by atoms with Crippen molar-refractivity contribution in [2.75, 3.05) is 43.8 Å². The van der Waals surface area contributed by atoms with Crippen molar-refractivity contribution in [3.63, 3.8) is 0 Å². The molecule has 4 rings (SSSR count). The van der Waals surface area contributed by atoms with Crippen LogP contribution in [0.1, 0.15) is 18.1 Å². The maximum absolute atomic E-state index is 12.1. The quantitative estimate of drug-likeness (QED) is 0.297. The molecule has 1 aliphatic rings. The maximum atomic E-state index is 12.1. The Morgan fingerprint density at radius 2 is 1.95 bits per heavy atom. The number of nitrogens with zero attached hydrogens (tertiary/aromatic N) is 3. The summed E-state index contributed by atoms with van der Waals surface area (Å²) in [4.78, 5) is 13.9. The van der Waals surface area contributed by atoms with E-state index in [-0.39, 0.29) is 29.7 Å². The summed E-state index contributed by atoms with van der Waals surface area (Å²) in [6, 6.07) is 14.1. The third-order valence-electron chi connectivity index (χ3n) is 5.85.